The van der Waals surface area contributed by atoms with Gasteiger partial charge in [0, 0.05) is 13.8 Å². The van der Waals surface area contributed by atoms with E-state index >= 15 is 0 Å². The Hall–Kier alpha value is 0.0200. The molecule has 0 unspecified atom stereocenters. The van der Waals surface area contributed by atoms with Crippen molar-refractivity contribution in [1.82, 2.24) is 0 Å². The smallest absolute Gasteiger partial charge is 0.305 e. The summed E-state index contributed by atoms with van der Waals surface area (Å²) in [4.78, 5) is 19.8. The standard InChI is InChI=1S/C10H12Cl4O6/c1-3(15)17-5(7(11)12)10-19-6(8(13)14)9(20-10)18-4(2)16/h5-10H,1-2H3/t5-,6-,9-,10+/m1/s1. The molecule has 1 aliphatic heterocycles. The molecular weight excluding hydrogens is 358 g/mol. The van der Waals surface area contributed by atoms with E-state index in [4.69, 9.17) is 65.4 Å². The zero-order valence-electron chi connectivity index (χ0n) is 10.4. The molecule has 0 N–H and O–H groups in total. The lowest BCUT2D eigenvalue weighted by atomic mass is 10.4. The lowest BCUT2D eigenvalue weighted by Crippen LogP contribution is -2.37. The summed E-state index contributed by atoms with van der Waals surface area (Å²) in [7, 11) is 0. The number of carbonyl (C=O) groups excluding carboxylic acids is 2. The highest BCUT2D eigenvalue weighted by atomic mass is 35.5. The summed E-state index contributed by atoms with van der Waals surface area (Å²) in [5.74, 6) is -1.25. The summed E-state index contributed by atoms with van der Waals surface area (Å²) in [6, 6.07) is 0. The summed E-state index contributed by atoms with van der Waals surface area (Å²) in [6.07, 6.45) is -4.39. The van der Waals surface area contributed by atoms with Gasteiger partial charge in [-0.15, -0.1) is 46.4 Å². The first-order valence-electron chi connectivity index (χ1n) is 5.44. The summed E-state index contributed by atoms with van der Waals surface area (Å²) in [5, 5.41) is 0. The number of ether oxygens (including phenoxy) is 4. The van der Waals surface area contributed by atoms with Crippen LogP contribution in [0.15, 0.2) is 0 Å². The summed E-state index contributed by atoms with van der Waals surface area (Å²) >= 11 is 22.8. The second-order valence-electron chi connectivity index (χ2n) is 3.83. The Labute approximate surface area is 135 Å². The van der Waals surface area contributed by atoms with Crippen molar-refractivity contribution in [3.8, 4) is 0 Å². The van der Waals surface area contributed by atoms with Crippen LogP contribution in [0.5, 0.6) is 0 Å². The largest absolute Gasteiger partial charge is 0.454 e. The summed E-state index contributed by atoms with van der Waals surface area (Å²) in [6.45, 7) is 2.35. The van der Waals surface area contributed by atoms with E-state index in [-0.39, 0.29) is 0 Å². The van der Waals surface area contributed by atoms with Crippen LogP contribution in [0, 0.1) is 0 Å². The zero-order chi connectivity index (χ0) is 15.4. The highest BCUT2D eigenvalue weighted by Crippen LogP contribution is 2.32. The van der Waals surface area contributed by atoms with E-state index in [2.05, 4.69) is 0 Å². The summed E-state index contributed by atoms with van der Waals surface area (Å²) < 4.78 is 20.4. The molecule has 0 aromatic rings. The van der Waals surface area contributed by atoms with Gasteiger partial charge in [-0.3, -0.25) is 9.59 Å². The molecule has 0 bridgehead atoms. The van der Waals surface area contributed by atoms with Gasteiger partial charge in [-0.05, 0) is 0 Å². The number of carbonyl (C=O) groups is 2. The van der Waals surface area contributed by atoms with E-state index < -0.39 is 46.4 Å². The molecule has 1 fully saturated rings. The second-order valence-corrected chi connectivity index (χ2v) is 6.15. The van der Waals surface area contributed by atoms with E-state index in [0.29, 0.717) is 0 Å². The molecular formula is C10H12Cl4O6. The van der Waals surface area contributed by atoms with Crippen LogP contribution < -0.4 is 0 Å². The average Bonchev–Trinajstić information content (AvgIpc) is 2.68. The van der Waals surface area contributed by atoms with Gasteiger partial charge in [-0.2, -0.15) is 0 Å². The van der Waals surface area contributed by atoms with Gasteiger partial charge in [0.25, 0.3) is 0 Å². The van der Waals surface area contributed by atoms with Crippen molar-refractivity contribution in [3.63, 3.8) is 0 Å². The number of alkyl halides is 4. The molecule has 6 nitrogen and oxygen atoms in total. The van der Waals surface area contributed by atoms with Crippen LogP contribution in [0.1, 0.15) is 13.8 Å². The first-order chi connectivity index (χ1) is 9.22. The van der Waals surface area contributed by atoms with Crippen molar-refractivity contribution in [2.75, 3.05) is 0 Å². The number of hydrogen-bond acceptors (Lipinski definition) is 6. The van der Waals surface area contributed by atoms with Crippen LogP contribution in [0.25, 0.3) is 0 Å². The lowest BCUT2D eigenvalue weighted by Gasteiger charge is -2.22. The molecule has 4 atom stereocenters. The van der Waals surface area contributed by atoms with Crippen LogP contribution in [0.3, 0.4) is 0 Å². The van der Waals surface area contributed by atoms with Crippen molar-refractivity contribution in [3.05, 3.63) is 0 Å². The van der Waals surface area contributed by atoms with Gasteiger partial charge >= 0.3 is 11.9 Å². The van der Waals surface area contributed by atoms with Crippen LogP contribution >= 0.6 is 46.4 Å². The number of rotatable bonds is 5. The molecule has 20 heavy (non-hydrogen) atoms. The Morgan fingerprint density at radius 1 is 1.05 bits per heavy atom. The SMILES string of the molecule is CC(=O)O[C@@H]1O[C@@H]([C@H](OC(C)=O)C(Cl)Cl)O[C@@H]1C(Cl)Cl. The fraction of sp³-hybridized carbons (Fsp3) is 0.800. The van der Waals surface area contributed by atoms with Gasteiger partial charge in [0.15, 0.2) is 12.2 Å². The fourth-order valence-corrected chi connectivity index (χ4v) is 2.17. The highest BCUT2D eigenvalue weighted by molar-refractivity contribution is 6.45. The van der Waals surface area contributed by atoms with Crippen LogP contribution in [-0.2, 0) is 28.5 Å². The van der Waals surface area contributed by atoms with E-state index in [9.17, 15) is 9.59 Å². The summed E-state index contributed by atoms with van der Waals surface area (Å²) in [5.41, 5.74) is 0. The maximum Gasteiger partial charge on any atom is 0.305 e. The Balaban J connectivity index is 2.81. The molecule has 1 aliphatic rings. The van der Waals surface area contributed by atoms with Gasteiger partial charge in [-0.25, -0.2) is 0 Å². The minimum absolute atomic E-state index is 0.615. The van der Waals surface area contributed by atoms with Gasteiger partial charge in [-0.1, -0.05) is 0 Å². The Morgan fingerprint density at radius 2 is 1.65 bits per heavy atom. The molecule has 1 saturated heterocycles. The Morgan fingerprint density at radius 3 is 2.05 bits per heavy atom. The molecule has 0 amide bonds. The van der Waals surface area contributed by atoms with Crippen molar-refractivity contribution in [1.29, 1.82) is 0 Å². The van der Waals surface area contributed by atoms with Gasteiger partial charge in [0.1, 0.15) is 9.67 Å². The van der Waals surface area contributed by atoms with Crippen molar-refractivity contribution >= 4 is 58.3 Å². The van der Waals surface area contributed by atoms with E-state index in [0.717, 1.165) is 0 Å². The Kier molecular flexibility index (Phi) is 7.11. The monoisotopic (exact) mass is 368 g/mol. The Bertz CT molecular complexity index is 364. The lowest BCUT2D eigenvalue weighted by molar-refractivity contribution is -0.196. The molecule has 10 heteroatoms. The van der Waals surface area contributed by atoms with Crippen molar-refractivity contribution in [2.24, 2.45) is 0 Å². The third-order valence-electron chi connectivity index (χ3n) is 2.18. The molecule has 1 heterocycles. The molecule has 0 aromatic carbocycles. The minimum Gasteiger partial charge on any atom is -0.454 e. The van der Waals surface area contributed by atoms with E-state index in [1.165, 1.54) is 13.8 Å². The fourth-order valence-electron chi connectivity index (χ4n) is 1.47. The molecule has 0 aliphatic carbocycles. The van der Waals surface area contributed by atoms with E-state index in [1.807, 2.05) is 0 Å². The van der Waals surface area contributed by atoms with Crippen LogP contribution in [-0.4, -0.2) is 46.4 Å². The zero-order valence-corrected chi connectivity index (χ0v) is 13.4. The third-order valence-corrected chi connectivity index (χ3v) is 3.17. The number of hydrogen-bond donors (Lipinski definition) is 0. The first kappa shape index (κ1) is 18.1. The molecule has 0 saturated carbocycles. The van der Waals surface area contributed by atoms with Gasteiger partial charge < -0.3 is 18.9 Å². The molecule has 116 valence electrons. The van der Waals surface area contributed by atoms with Crippen LogP contribution in [0.4, 0.5) is 0 Å². The number of esters is 2. The van der Waals surface area contributed by atoms with Crippen LogP contribution in [0.2, 0.25) is 0 Å². The molecule has 0 aromatic heterocycles. The first-order valence-corrected chi connectivity index (χ1v) is 7.18. The maximum atomic E-state index is 11.0. The quantitative estimate of drug-likeness (QED) is 0.546. The number of halogens is 4. The average molecular weight is 370 g/mol. The normalized spacial score (nSPS) is 27.7. The van der Waals surface area contributed by atoms with E-state index in [1.54, 1.807) is 0 Å². The van der Waals surface area contributed by atoms with Crippen molar-refractivity contribution in [2.45, 2.75) is 48.3 Å². The van der Waals surface area contributed by atoms with Gasteiger partial charge in [0.05, 0.1) is 0 Å². The third kappa shape index (κ3) is 5.09. The molecule has 1 rings (SSSR count). The van der Waals surface area contributed by atoms with Gasteiger partial charge in [0.2, 0.25) is 12.6 Å². The molecule has 0 radical (unpaired) electrons. The highest BCUT2D eigenvalue weighted by Gasteiger charge is 2.47. The predicted molar refractivity (Wildman–Crippen MR) is 71.8 cm³/mol. The maximum absolute atomic E-state index is 11.0. The van der Waals surface area contributed by atoms with Crippen molar-refractivity contribution < 1.29 is 28.5 Å². The topological polar surface area (TPSA) is 71.1 Å². The predicted octanol–water partition coefficient (Wildman–Crippen LogP) is 2.16. The molecule has 0 spiro atoms. The minimum atomic E-state index is -1.16. The second kappa shape index (κ2) is 7.87.